The number of aromatic amines is 1. The van der Waals surface area contributed by atoms with E-state index in [4.69, 9.17) is 5.11 Å². The fraction of sp³-hybridized carbons (Fsp3) is 0.400. The first-order valence-corrected chi connectivity index (χ1v) is 6.59. The highest BCUT2D eigenvalue weighted by atomic mass is 16.4. The second-order valence-electron chi connectivity index (χ2n) is 4.97. The summed E-state index contributed by atoms with van der Waals surface area (Å²) >= 11 is 0. The normalized spacial score (nSPS) is 12.7. The van der Waals surface area contributed by atoms with Crippen LogP contribution >= 0.6 is 0 Å². The van der Waals surface area contributed by atoms with Crippen LogP contribution in [0.3, 0.4) is 0 Å². The molecule has 0 fully saturated rings. The number of carboxylic acids is 1. The molecule has 0 amide bonds. The van der Waals surface area contributed by atoms with Gasteiger partial charge in [0.25, 0.3) is 0 Å². The number of fused-ring (bicyclic) bond motifs is 1. The number of aliphatic carboxylic acids is 1. The van der Waals surface area contributed by atoms with E-state index in [2.05, 4.69) is 29.4 Å². The van der Waals surface area contributed by atoms with Crippen molar-refractivity contribution < 1.29 is 9.90 Å². The number of benzene rings is 1. The Balaban J connectivity index is 1.95. The Bertz CT molecular complexity index is 575. The summed E-state index contributed by atoms with van der Waals surface area (Å²) in [6.45, 7) is 5.10. The Morgan fingerprint density at radius 3 is 2.89 bits per heavy atom. The minimum atomic E-state index is -0.754. The van der Waals surface area contributed by atoms with Crippen LogP contribution in [0.4, 0.5) is 0 Å². The number of carboxylic acid groups (broad SMARTS) is 1. The summed E-state index contributed by atoms with van der Waals surface area (Å²) in [6, 6.07) is 8.26. The number of nitrogens with one attached hydrogen (secondary N) is 2. The van der Waals surface area contributed by atoms with Crippen molar-refractivity contribution in [2.45, 2.75) is 20.3 Å². The van der Waals surface area contributed by atoms with Gasteiger partial charge in [0.2, 0.25) is 0 Å². The highest BCUT2D eigenvalue weighted by Crippen LogP contribution is 2.21. The lowest BCUT2D eigenvalue weighted by Crippen LogP contribution is -2.27. The van der Waals surface area contributed by atoms with Gasteiger partial charge in [0.15, 0.2) is 0 Å². The van der Waals surface area contributed by atoms with E-state index < -0.39 is 5.97 Å². The second-order valence-corrected chi connectivity index (χ2v) is 4.97. The maximum atomic E-state index is 10.7. The lowest BCUT2D eigenvalue weighted by Gasteiger charge is -2.08. The van der Waals surface area contributed by atoms with Gasteiger partial charge in [-0.25, -0.2) is 0 Å². The number of aromatic nitrogens is 1. The molecule has 0 saturated carbocycles. The molecule has 4 heteroatoms. The lowest BCUT2D eigenvalue weighted by atomic mass is 10.1. The molecule has 102 valence electrons. The average molecular weight is 260 g/mol. The third-order valence-corrected chi connectivity index (χ3v) is 3.45. The quantitative estimate of drug-likeness (QED) is 0.698. The third-order valence-electron chi connectivity index (χ3n) is 3.45. The molecule has 0 radical (unpaired) electrons. The van der Waals surface area contributed by atoms with Gasteiger partial charge in [-0.3, -0.25) is 4.79 Å². The molecule has 0 aliphatic carbocycles. The summed E-state index contributed by atoms with van der Waals surface area (Å²) in [4.78, 5) is 14.1. The van der Waals surface area contributed by atoms with Crippen LogP contribution in [0.5, 0.6) is 0 Å². The molecule has 0 aliphatic heterocycles. The molecule has 0 aliphatic rings. The van der Waals surface area contributed by atoms with Crippen LogP contribution in [0.25, 0.3) is 10.9 Å². The highest BCUT2D eigenvalue weighted by molar-refractivity contribution is 5.84. The van der Waals surface area contributed by atoms with Gasteiger partial charge in [0.1, 0.15) is 0 Å². The van der Waals surface area contributed by atoms with Gasteiger partial charge < -0.3 is 15.4 Å². The van der Waals surface area contributed by atoms with E-state index >= 15 is 0 Å². The largest absolute Gasteiger partial charge is 0.481 e. The Hall–Kier alpha value is -1.81. The van der Waals surface area contributed by atoms with Crippen LogP contribution in [-0.2, 0) is 11.2 Å². The van der Waals surface area contributed by atoms with Crippen molar-refractivity contribution in [2.75, 3.05) is 13.1 Å². The molecule has 1 aromatic carbocycles. The molecule has 1 unspecified atom stereocenters. The summed E-state index contributed by atoms with van der Waals surface area (Å²) in [7, 11) is 0. The van der Waals surface area contributed by atoms with Crippen LogP contribution in [0.15, 0.2) is 24.3 Å². The Morgan fingerprint density at radius 1 is 1.42 bits per heavy atom. The predicted molar refractivity (Wildman–Crippen MR) is 76.4 cm³/mol. The zero-order valence-electron chi connectivity index (χ0n) is 11.4. The van der Waals surface area contributed by atoms with Crippen LogP contribution in [-0.4, -0.2) is 29.1 Å². The van der Waals surface area contributed by atoms with Gasteiger partial charge in [0, 0.05) is 23.1 Å². The molecule has 0 spiro atoms. The monoisotopic (exact) mass is 260 g/mol. The second kappa shape index (κ2) is 5.89. The molecule has 0 bridgehead atoms. The average Bonchev–Trinajstić information content (AvgIpc) is 2.70. The van der Waals surface area contributed by atoms with E-state index in [1.807, 2.05) is 12.1 Å². The zero-order valence-corrected chi connectivity index (χ0v) is 11.4. The number of carbonyl (C=O) groups is 1. The molecular weight excluding hydrogens is 240 g/mol. The van der Waals surface area contributed by atoms with E-state index in [1.165, 1.54) is 16.6 Å². The molecule has 0 saturated heterocycles. The fourth-order valence-corrected chi connectivity index (χ4v) is 2.28. The standard InChI is InChI=1S/C15H20N2O2/c1-10(15(18)19)9-16-8-7-12-11(2)17-14-6-4-3-5-13(12)14/h3-6,10,16-17H,7-9H2,1-2H3,(H,18,19). The fourth-order valence-electron chi connectivity index (χ4n) is 2.28. The van der Waals surface area contributed by atoms with Crippen LogP contribution in [0.2, 0.25) is 0 Å². The van der Waals surface area contributed by atoms with Gasteiger partial charge in [-0.05, 0) is 31.5 Å². The maximum Gasteiger partial charge on any atom is 0.307 e. The Morgan fingerprint density at radius 2 is 2.16 bits per heavy atom. The van der Waals surface area contributed by atoms with Crippen LogP contribution in [0, 0.1) is 12.8 Å². The molecule has 4 nitrogen and oxygen atoms in total. The van der Waals surface area contributed by atoms with Crippen molar-refractivity contribution in [3.8, 4) is 0 Å². The van der Waals surface area contributed by atoms with E-state index in [0.717, 1.165) is 18.5 Å². The molecule has 2 aromatic rings. The van der Waals surface area contributed by atoms with Gasteiger partial charge in [0.05, 0.1) is 5.92 Å². The Labute approximate surface area is 112 Å². The summed E-state index contributed by atoms with van der Waals surface area (Å²) in [5.74, 6) is -1.10. The SMILES string of the molecule is Cc1[nH]c2ccccc2c1CCNCC(C)C(=O)O. The van der Waals surface area contributed by atoms with E-state index in [0.29, 0.717) is 6.54 Å². The first-order chi connectivity index (χ1) is 9.09. The van der Waals surface area contributed by atoms with Gasteiger partial charge >= 0.3 is 5.97 Å². The minimum absolute atomic E-state index is 0.343. The zero-order chi connectivity index (χ0) is 13.8. The first kappa shape index (κ1) is 13.6. The molecular formula is C15H20N2O2. The van der Waals surface area contributed by atoms with Crippen molar-refractivity contribution in [1.82, 2.24) is 10.3 Å². The first-order valence-electron chi connectivity index (χ1n) is 6.59. The van der Waals surface area contributed by atoms with E-state index in [9.17, 15) is 4.79 Å². The van der Waals surface area contributed by atoms with E-state index in [-0.39, 0.29) is 5.92 Å². The maximum absolute atomic E-state index is 10.7. The number of aryl methyl sites for hydroxylation is 1. The Kier molecular flexibility index (Phi) is 4.22. The predicted octanol–water partition coefficient (Wildman–Crippen LogP) is 2.33. The van der Waals surface area contributed by atoms with Crippen molar-refractivity contribution in [2.24, 2.45) is 5.92 Å². The topological polar surface area (TPSA) is 65.1 Å². The molecule has 1 heterocycles. The number of para-hydroxylation sites is 1. The van der Waals surface area contributed by atoms with Gasteiger partial charge in [-0.15, -0.1) is 0 Å². The van der Waals surface area contributed by atoms with Crippen molar-refractivity contribution in [3.05, 3.63) is 35.5 Å². The summed E-state index contributed by atoms with van der Waals surface area (Å²) in [5, 5.41) is 13.3. The number of H-pyrrole nitrogens is 1. The molecule has 1 atom stereocenters. The van der Waals surface area contributed by atoms with Crippen molar-refractivity contribution in [3.63, 3.8) is 0 Å². The third kappa shape index (κ3) is 3.15. The van der Waals surface area contributed by atoms with Crippen LogP contribution < -0.4 is 5.32 Å². The summed E-state index contributed by atoms with van der Waals surface area (Å²) in [6.07, 6.45) is 0.905. The van der Waals surface area contributed by atoms with Crippen molar-refractivity contribution >= 4 is 16.9 Å². The van der Waals surface area contributed by atoms with Crippen molar-refractivity contribution in [1.29, 1.82) is 0 Å². The molecule has 3 N–H and O–H groups in total. The number of rotatable bonds is 6. The minimum Gasteiger partial charge on any atom is -0.481 e. The lowest BCUT2D eigenvalue weighted by molar-refractivity contribution is -0.140. The summed E-state index contributed by atoms with van der Waals surface area (Å²) in [5.41, 5.74) is 3.66. The number of hydrogen-bond acceptors (Lipinski definition) is 2. The smallest absolute Gasteiger partial charge is 0.307 e. The molecule has 2 rings (SSSR count). The molecule has 1 aromatic heterocycles. The number of hydrogen-bond donors (Lipinski definition) is 3. The summed E-state index contributed by atoms with van der Waals surface area (Å²) < 4.78 is 0. The van der Waals surface area contributed by atoms with Gasteiger partial charge in [-0.1, -0.05) is 25.1 Å². The van der Waals surface area contributed by atoms with Crippen LogP contribution in [0.1, 0.15) is 18.2 Å². The van der Waals surface area contributed by atoms with E-state index in [1.54, 1.807) is 6.92 Å². The molecule has 19 heavy (non-hydrogen) atoms. The highest BCUT2D eigenvalue weighted by Gasteiger charge is 2.10. The van der Waals surface area contributed by atoms with Gasteiger partial charge in [-0.2, -0.15) is 0 Å².